The Morgan fingerprint density at radius 2 is 0.929 bits per heavy atom. The molecule has 0 aromatic heterocycles. The van der Waals surface area contributed by atoms with Gasteiger partial charge in [-0.15, -0.1) is 0 Å². The fraction of sp³-hybridized carbons (Fsp3) is 0.250. The van der Waals surface area contributed by atoms with Gasteiger partial charge >= 0.3 is 0 Å². The van der Waals surface area contributed by atoms with Gasteiger partial charge in [0.25, 0.3) is 0 Å². The molecule has 0 saturated heterocycles. The number of aromatic hydroxyl groups is 4. The van der Waals surface area contributed by atoms with E-state index in [2.05, 4.69) is 0 Å². The molecule has 0 fully saturated rings. The predicted octanol–water partition coefficient (Wildman–Crippen LogP) is 5.22. The van der Waals surface area contributed by atoms with E-state index in [0.717, 1.165) is 22.3 Å². The Morgan fingerprint density at radius 3 is 1.33 bits per heavy atom. The molecular formula is C32H30O10. The van der Waals surface area contributed by atoms with Crippen LogP contribution < -0.4 is 28.4 Å². The summed E-state index contributed by atoms with van der Waals surface area (Å²) in [6.07, 6.45) is 2.07. The summed E-state index contributed by atoms with van der Waals surface area (Å²) in [6, 6.07) is 13.5. The fourth-order valence-corrected chi connectivity index (χ4v) is 5.37. The molecule has 4 N–H and O–H groups in total. The number of rotatable bonds is 9. The van der Waals surface area contributed by atoms with Crippen LogP contribution in [-0.2, 0) is 25.7 Å². The van der Waals surface area contributed by atoms with E-state index >= 15 is 0 Å². The summed E-state index contributed by atoms with van der Waals surface area (Å²) in [4.78, 5) is 0. The molecule has 10 nitrogen and oxygen atoms in total. The van der Waals surface area contributed by atoms with Gasteiger partial charge in [-0.1, -0.05) is 0 Å². The zero-order valence-corrected chi connectivity index (χ0v) is 23.1. The normalized spacial score (nSPS) is 12.9. The topological polar surface area (TPSA) is 136 Å². The average molecular weight is 575 g/mol. The molecule has 0 unspecified atom stereocenters. The van der Waals surface area contributed by atoms with E-state index in [-0.39, 0.29) is 36.6 Å². The lowest BCUT2D eigenvalue weighted by atomic mass is 9.89. The van der Waals surface area contributed by atoms with Gasteiger partial charge in [-0.2, -0.15) is 0 Å². The van der Waals surface area contributed by atoms with Gasteiger partial charge < -0.3 is 48.8 Å². The SMILES string of the molecule is COc1cc(CCc2cc(O)c(O)cc2-c2cc(O)c(O)cc2CCc2cc(OC)c3c(c2)OCO3)cc2c1OCO2. The number of phenolic OH excluding ortho intramolecular Hbond substituents is 4. The Morgan fingerprint density at radius 1 is 0.524 bits per heavy atom. The van der Waals surface area contributed by atoms with Gasteiger partial charge in [-0.3, -0.25) is 0 Å². The quantitative estimate of drug-likeness (QED) is 0.197. The van der Waals surface area contributed by atoms with Crippen LogP contribution in [-0.4, -0.2) is 48.2 Å². The van der Waals surface area contributed by atoms with Crippen molar-refractivity contribution in [2.75, 3.05) is 27.8 Å². The smallest absolute Gasteiger partial charge is 0.231 e. The van der Waals surface area contributed by atoms with Crippen molar-refractivity contribution in [2.24, 2.45) is 0 Å². The fourth-order valence-electron chi connectivity index (χ4n) is 5.37. The Balaban J connectivity index is 1.33. The van der Waals surface area contributed by atoms with E-state index < -0.39 is 0 Å². The molecule has 4 aromatic carbocycles. The lowest BCUT2D eigenvalue weighted by Crippen LogP contribution is -2.00. The Labute approximate surface area is 241 Å². The molecule has 218 valence electrons. The number of fused-ring (bicyclic) bond motifs is 2. The Bertz CT molecular complexity index is 1540. The summed E-state index contributed by atoms with van der Waals surface area (Å²) in [7, 11) is 3.13. The first kappa shape index (κ1) is 27.1. The first-order chi connectivity index (χ1) is 20.3. The van der Waals surface area contributed by atoms with Crippen molar-refractivity contribution >= 4 is 0 Å². The zero-order chi connectivity index (χ0) is 29.4. The molecule has 0 aliphatic carbocycles. The molecular weight excluding hydrogens is 544 g/mol. The molecule has 10 heteroatoms. The van der Waals surface area contributed by atoms with Crippen LogP contribution in [0.15, 0.2) is 48.5 Å². The maximum atomic E-state index is 10.5. The summed E-state index contributed by atoms with van der Waals surface area (Å²) in [6.45, 7) is 0.245. The van der Waals surface area contributed by atoms with Gasteiger partial charge in [0.2, 0.25) is 25.1 Å². The highest BCUT2D eigenvalue weighted by atomic mass is 16.7. The standard InChI is InChI=1S/C32H30O10/c1-37-27-7-17(9-29-31(27)41-15-39-29)3-5-19-11-23(33)25(35)13-21(19)22-14-26(36)24(34)12-20(22)6-4-18-8-28(38-2)32-30(10-18)40-16-42-32/h7-14,33-36H,3-6,15-16H2,1-2H3. The molecule has 2 aliphatic rings. The average Bonchev–Trinajstić information content (AvgIpc) is 3.67. The van der Waals surface area contributed by atoms with Crippen molar-refractivity contribution < 1.29 is 48.8 Å². The molecule has 0 spiro atoms. The van der Waals surface area contributed by atoms with E-state index in [1.165, 1.54) is 24.3 Å². The summed E-state index contributed by atoms with van der Waals surface area (Å²) in [5, 5.41) is 41.7. The van der Waals surface area contributed by atoms with Gasteiger partial charge in [0, 0.05) is 0 Å². The Hall–Kier alpha value is -5.12. The lowest BCUT2D eigenvalue weighted by Gasteiger charge is -2.17. The second-order valence-corrected chi connectivity index (χ2v) is 10.1. The van der Waals surface area contributed by atoms with Crippen LogP contribution in [0.3, 0.4) is 0 Å². The summed E-state index contributed by atoms with van der Waals surface area (Å²) in [5.41, 5.74) is 4.56. The highest BCUT2D eigenvalue weighted by Gasteiger charge is 2.23. The molecule has 0 bridgehead atoms. The van der Waals surface area contributed by atoms with Crippen LogP contribution in [0, 0.1) is 0 Å². The molecule has 2 heterocycles. The monoisotopic (exact) mass is 574 g/mol. The van der Waals surface area contributed by atoms with Crippen LogP contribution in [0.2, 0.25) is 0 Å². The number of hydrogen-bond acceptors (Lipinski definition) is 10. The van der Waals surface area contributed by atoms with Gasteiger partial charge in [0.05, 0.1) is 14.2 Å². The number of benzene rings is 4. The summed E-state index contributed by atoms with van der Waals surface area (Å²) < 4.78 is 33.0. The van der Waals surface area contributed by atoms with E-state index in [0.29, 0.717) is 71.3 Å². The zero-order valence-electron chi connectivity index (χ0n) is 23.1. The number of methoxy groups -OCH3 is 2. The largest absolute Gasteiger partial charge is 0.504 e. The van der Waals surface area contributed by atoms with Crippen LogP contribution in [0.1, 0.15) is 22.3 Å². The lowest BCUT2D eigenvalue weighted by molar-refractivity contribution is 0.171. The van der Waals surface area contributed by atoms with Crippen LogP contribution in [0.25, 0.3) is 11.1 Å². The van der Waals surface area contributed by atoms with Gasteiger partial charge in [0.15, 0.2) is 46.0 Å². The van der Waals surface area contributed by atoms with Crippen molar-refractivity contribution in [3.63, 3.8) is 0 Å². The molecule has 0 radical (unpaired) electrons. The second-order valence-electron chi connectivity index (χ2n) is 10.1. The van der Waals surface area contributed by atoms with E-state index in [9.17, 15) is 20.4 Å². The molecule has 2 aliphatic heterocycles. The van der Waals surface area contributed by atoms with E-state index in [1.54, 1.807) is 14.2 Å². The molecule has 0 saturated carbocycles. The maximum Gasteiger partial charge on any atom is 0.231 e. The van der Waals surface area contributed by atoms with Crippen molar-refractivity contribution in [3.8, 4) is 68.6 Å². The third-order valence-corrected chi connectivity index (χ3v) is 7.49. The number of phenols is 4. The van der Waals surface area contributed by atoms with Crippen molar-refractivity contribution in [1.29, 1.82) is 0 Å². The van der Waals surface area contributed by atoms with Crippen LogP contribution >= 0.6 is 0 Å². The second kappa shape index (κ2) is 11.0. The van der Waals surface area contributed by atoms with Crippen molar-refractivity contribution in [2.45, 2.75) is 25.7 Å². The maximum absolute atomic E-state index is 10.5. The first-order valence-electron chi connectivity index (χ1n) is 13.4. The van der Waals surface area contributed by atoms with Crippen molar-refractivity contribution in [3.05, 3.63) is 70.8 Å². The minimum atomic E-state index is -0.294. The number of hydrogen-bond donors (Lipinski definition) is 4. The predicted molar refractivity (Wildman–Crippen MR) is 152 cm³/mol. The van der Waals surface area contributed by atoms with Crippen LogP contribution in [0.5, 0.6) is 57.5 Å². The third-order valence-electron chi connectivity index (χ3n) is 7.49. The minimum absolute atomic E-state index is 0.122. The molecule has 6 rings (SSSR count). The van der Waals surface area contributed by atoms with Gasteiger partial charge in [-0.05, 0) is 108 Å². The summed E-state index contributed by atoms with van der Waals surface area (Å²) in [5.74, 6) is 2.37. The highest BCUT2D eigenvalue weighted by Crippen LogP contribution is 2.45. The van der Waals surface area contributed by atoms with Crippen LogP contribution in [0.4, 0.5) is 0 Å². The Kier molecular flexibility index (Phi) is 7.12. The molecule has 0 atom stereocenters. The third kappa shape index (κ3) is 5.07. The number of aryl methyl sites for hydroxylation is 4. The molecule has 4 aromatic rings. The van der Waals surface area contributed by atoms with Gasteiger partial charge in [-0.25, -0.2) is 0 Å². The van der Waals surface area contributed by atoms with E-state index in [1.807, 2.05) is 24.3 Å². The van der Waals surface area contributed by atoms with Crippen molar-refractivity contribution in [1.82, 2.24) is 0 Å². The number of ether oxygens (including phenoxy) is 6. The van der Waals surface area contributed by atoms with E-state index in [4.69, 9.17) is 28.4 Å². The van der Waals surface area contributed by atoms with Gasteiger partial charge in [0.1, 0.15) is 0 Å². The first-order valence-corrected chi connectivity index (χ1v) is 13.4. The molecule has 0 amide bonds. The summed E-state index contributed by atoms with van der Waals surface area (Å²) >= 11 is 0. The minimum Gasteiger partial charge on any atom is -0.504 e. The highest BCUT2D eigenvalue weighted by molar-refractivity contribution is 5.76. The molecule has 42 heavy (non-hydrogen) atoms.